The number of nitrogens with one attached hydrogen (secondary N) is 3. The van der Waals surface area contributed by atoms with Crippen molar-refractivity contribution in [1.82, 2.24) is 5.32 Å². The predicted octanol–water partition coefficient (Wildman–Crippen LogP) is 2.44. The van der Waals surface area contributed by atoms with E-state index in [2.05, 4.69) is 16.0 Å². The Morgan fingerprint density at radius 2 is 1.36 bits per heavy atom. The second-order valence-electron chi connectivity index (χ2n) is 6.46. The summed E-state index contributed by atoms with van der Waals surface area (Å²) in [6, 6.07) is 4.60. The molecular weight excluding hydrogens is 362 g/mol. The van der Waals surface area contributed by atoms with Crippen LogP contribution in [0.4, 0.5) is 11.4 Å². The van der Waals surface area contributed by atoms with Crippen LogP contribution in [-0.4, -0.2) is 35.8 Å². The summed E-state index contributed by atoms with van der Waals surface area (Å²) < 4.78 is 0. The van der Waals surface area contributed by atoms with Gasteiger partial charge in [0.2, 0.25) is 17.7 Å². The molecule has 0 saturated carbocycles. The summed E-state index contributed by atoms with van der Waals surface area (Å²) >= 11 is 0. The van der Waals surface area contributed by atoms with Crippen LogP contribution in [0.1, 0.15) is 63.2 Å². The summed E-state index contributed by atoms with van der Waals surface area (Å²) in [6.07, 6.45) is 1.26. The summed E-state index contributed by atoms with van der Waals surface area (Å²) in [5, 5.41) is 8.02. The Bertz CT molecular complexity index is 758. The number of carbonyl (C=O) groups excluding carboxylic acids is 5. The van der Waals surface area contributed by atoms with E-state index in [0.29, 0.717) is 36.3 Å². The number of ketones is 2. The number of hydrogen-bond donors (Lipinski definition) is 3. The molecule has 1 aromatic rings. The molecule has 0 heterocycles. The first-order chi connectivity index (χ1) is 13.2. The van der Waals surface area contributed by atoms with E-state index in [1.165, 1.54) is 26.0 Å². The molecule has 1 rings (SSSR count). The zero-order valence-corrected chi connectivity index (χ0v) is 16.5. The molecule has 0 aromatic heterocycles. The largest absolute Gasteiger partial charge is 0.356 e. The fourth-order valence-corrected chi connectivity index (χ4v) is 2.31. The van der Waals surface area contributed by atoms with Gasteiger partial charge in [0.1, 0.15) is 5.78 Å². The monoisotopic (exact) mass is 389 g/mol. The van der Waals surface area contributed by atoms with Gasteiger partial charge in [-0.2, -0.15) is 0 Å². The minimum absolute atomic E-state index is 0.0464. The van der Waals surface area contributed by atoms with Crippen LogP contribution in [-0.2, 0) is 19.2 Å². The molecule has 0 saturated heterocycles. The van der Waals surface area contributed by atoms with Gasteiger partial charge in [0.05, 0.1) is 0 Å². The van der Waals surface area contributed by atoms with Crippen molar-refractivity contribution in [3.05, 3.63) is 23.8 Å². The Balaban J connectivity index is 2.71. The lowest BCUT2D eigenvalue weighted by atomic mass is 10.1. The van der Waals surface area contributed by atoms with Crippen LogP contribution in [0.2, 0.25) is 0 Å². The van der Waals surface area contributed by atoms with Gasteiger partial charge in [-0.25, -0.2) is 0 Å². The lowest BCUT2D eigenvalue weighted by Crippen LogP contribution is -2.24. The molecule has 3 amide bonds. The fourth-order valence-electron chi connectivity index (χ4n) is 2.31. The molecule has 3 N–H and O–H groups in total. The Hall–Kier alpha value is -3.03. The van der Waals surface area contributed by atoms with Crippen molar-refractivity contribution in [2.45, 2.75) is 52.9 Å². The van der Waals surface area contributed by atoms with Crippen LogP contribution in [0, 0.1) is 0 Å². The highest BCUT2D eigenvalue weighted by molar-refractivity contribution is 6.00. The molecule has 0 aliphatic rings. The lowest BCUT2D eigenvalue weighted by Gasteiger charge is -2.11. The number of Topliss-reactive ketones (excluding diaryl/α,β-unsaturated/α-hetero) is 2. The molecule has 0 bridgehead atoms. The maximum absolute atomic E-state index is 12.1. The molecule has 0 aliphatic heterocycles. The molecule has 1 aromatic carbocycles. The molecule has 28 heavy (non-hydrogen) atoms. The average molecular weight is 389 g/mol. The first-order valence-corrected chi connectivity index (χ1v) is 9.23. The van der Waals surface area contributed by atoms with Crippen LogP contribution < -0.4 is 16.0 Å². The van der Waals surface area contributed by atoms with Crippen LogP contribution in [0.5, 0.6) is 0 Å². The molecule has 0 fully saturated rings. The molecular formula is C20H27N3O5. The van der Waals surface area contributed by atoms with Crippen molar-refractivity contribution < 1.29 is 24.0 Å². The Morgan fingerprint density at radius 3 is 1.86 bits per heavy atom. The summed E-state index contributed by atoms with van der Waals surface area (Å²) in [5.41, 5.74) is 1.10. The number of amides is 3. The summed E-state index contributed by atoms with van der Waals surface area (Å²) in [5.74, 6) is -0.979. The summed E-state index contributed by atoms with van der Waals surface area (Å²) in [6.45, 7) is 4.95. The second-order valence-corrected chi connectivity index (χ2v) is 6.46. The zero-order valence-electron chi connectivity index (χ0n) is 16.5. The molecule has 152 valence electrons. The van der Waals surface area contributed by atoms with E-state index >= 15 is 0 Å². The molecule has 0 atom stereocenters. The van der Waals surface area contributed by atoms with Crippen LogP contribution in [0.25, 0.3) is 0 Å². The van der Waals surface area contributed by atoms with Crippen molar-refractivity contribution >= 4 is 40.7 Å². The molecule has 8 nitrogen and oxygen atoms in total. The standard InChI is InChI=1S/C20H27N3O5/c1-4-18(26)21-9-5-6-19(27)22-16-10-15(14(3)25)11-17(12-16)23-20(28)8-7-13(2)24/h10-12H,4-9H2,1-3H3,(H,21,26)(H,22,27)(H,23,28). The smallest absolute Gasteiger partial charge is 0.224 e. The molecule has 0 aliphatic carbocycles. The third-order valence-corrected chi connectivity index (χ3v) is 3.84. The second kappa shape index (κ2) is 11.6. The van der Waals surface area contributed by atoms with E-state index in [4.69, 9.17) is 0 Å². The van der Waals surface area contributed by atoms with E-state index in [1.807, 2.05) is 0 Å². The van der Waals surface area contributed by atoms with Gasteiger partial charge in [-0.05, 0) is 38.5 Å². The Labute approximate surface area is 164 Å². The Kier molecular flexibility index (Phi) is 9.56. The van der Waals surface area contributed by atoms with E-state index < -0.39 is 0 Å². The van der Waals surface area contributed by atoms with Crippen LogP contribution >= 0.6 is 0 Å². The van der Waals surface area contributed by atoms with Gasteiger partial charge in [-0.1, -0.05) is 6.92 Å². The van der Waals surface area contributed by atoms with Gasteiger partial charge in [0, 0.05) is 49.2 Å². The van der Waals surface area contributed by atoms with Crippen molar-refractivity contribution in [2.75, 3.05) is 17.2 Å². The first kappa shape index (κ1) is 23.0. The van der Waals surface area contributed by atoms with E-state index in [1.54, 1.807) is 13.0 Å². The minimum atomic E-state index is -0.347. The van der Waals surface area contributed by atoms with Crippen molar-refractivity contribution in [2.24, 2.45) is 0 Å². The van der Waals surface area contributed by atoms with E-state index in [9.17, 15) is 24.0 Å². The van der Waals surface area contributed by atoms with Gasteiger partial charge >= 0.3 is 0 Å². The number of benzene rings is 1. The maximum atomic E-state index is 12.1. The van der Waals surface area contributed by atoms with Gasteiger partial charge in [0.15, 0.2) is 5.78 Å². The summed E-state index contributed by atoms with van der Waals surface area (Å²) in [7, 11) is 0. The van der Waals surface area contributed by atoms with Crippen molar-refractivity contribution in [3.8, 4) is 0 Å². The molecule has 0 radical (unpaired) electrons. The number of rotatable bonds is 11. The lowest BCUT2D eigenvalue weighted by molar-refractivity contribution is -0.121. The average Bonchev–Trinajstić information content (AvgIpc) is 2.63. The van der Waals surface area contributed by atoms with Crippen LogP contribution in [0.15, 0.2) is 18.2 Å². The van der Waals surface area contributed by atoms with Crippen molar-refractivity contribution in [1.29, 1.82) is 0 Å². The van der Waals surface area contributed by atoms with Gasteiger partial charge in [-0.3, -0.25) is 19.2 Å². The van der Waals surface area contributed by atoms with E-state index in [-0.39, 0.29) is 48.6 Å². The SMILES string of the molecule is CCC(=O)NCCCC(=O)Nc1cc(NC(=O)CCC(C)=O)cc(C(C)=O)c1. The quantitative estimate of drug-likeness (QED) is 0.396. The third-order valence-electron chi connectivity index (χ3n) is 3.84. The zero-order chi connectivity index (χ0) is 21.1. The highest BCUT2D eigenvalue weighted by atomic mass is 16.2. The third kappa shape index (κ3) is 9.07. The topological polar surface area (TPSA) is 121 Å². The van der Waals surface area contributed by atoms with Gasteiger partial charge < -0.3 is 20.7 Å². The van der Waals surface area contributed by atoms with E-state index in [0.717, 1.165) is 0 Å². The first-order valence-electron chi connectivity index (χ1n) is 9.23. The molecule has 0 spiro atoms. The molecule has 8 heteroatoms. The number of anilines is 2. The molecule has 0 unspecified atom stereocenters. The van der Waals surface area contributed by atoms with Gasteiger partial charge in [0.25, 0.3) is 0 Å². The maximum Gasteiger partial charge on any atom is 0.224 e. The van der Waals surface area contributed by atoms with Crippen molar-refractivity contribution in [3.63, 3.8) is 0 Å². The highest BCUT2D eigenvalue weighted by Crippen LogP contribution is 2.20. The summed E-state index contributed by atoms with van der Waals surface area (Å²) in [4.78, 5) is 57.9. The van der Waals surface area contributed by atoms with Gasteiger partial charge in [-0.15, -0.1) is 0 Å². The van der Waals surface area contributed by atoms with Crippen LogP contribution in [0.3, 0.4) is 0 Å². The Morgan fingerprint density at radius 1 is 0.786 bits per heavy atom. The normalized spacial score (nSPS) is 10.1. The highest BCUT2D eigenvalue weighted by Gasteiger charge is 2.11. The minimum Gasteiger partial charge on any atom is -0.356 e. The number of carbonyl (C=O) groups is 5. The predicted molar refractivity (Wildman–Crippen MR) is 106 cm³/mol. The fraction of sp³-hybridized carbons (Fsp3) is 0.450. The number of hydrogen-bond acceptors (Lipinski definition) is 5.